The van der Waals surface area contributed by atoms with E-state index in [4.69, 9.17) is 0 Å². The van der Waals surface area contributed by atoms with Crippen LogP contribution in [0.5, 0.6) is 0 Å². The highest BCUT2D eigenvalue weighted by atomic mass is 32.2. The Kier molecular flexibility index (Phi) is 6.52. The summed E-state index contributed by atoms with van der Waals surface area (Å²) in [6, 6.07) is 9.10. The number of anilines is 1. The molecule has 2 atom stereocenters. The highest BCUT2D eigenvalue weighted by molar-refractivity contribution is 8.02. The Balaban J connectivity index is 1.31. The Morgan fingerprint density at radius 1 is 1.14 bits per heavy atom. The maximum Gasteiger partial charge on any atom is 0.233 e. The lowest BCUT2D eigenvalue weighted by molar-refractivity contribution is -0.121. The van der Waals surface area contributed by atoms with E-state index in [0.717, 1.165) is 28.7 Å². The molecule has 7 heteroatoms. The lowest BCUT2D eigenvalue weighted by atomic mass is 9.88. The van der Waals surface area contributed by atoms with Gasteiger partial charge in [0.2, 0.25) is 11.0 Å². The Labute approximate surface area is 175 Å². The van der Waals surface area contributed by atoms with Crippen LogP contribution in [0.25, 0.3) is 0 Å². The zero-order valence-electron chi connectivity index (χ0n) is 16.3. The minimum atomic E-state index is -0.190. The van der Waals surface area contributed by atoms with E-state index in [-0.39, 0.29) is 17.2 Å². The van der Waals surface area contributed by atoms with E-state index >= 15 is 0 Å². The van der Waals surface area contributed by atoms with Crippen molar-refractivity contribution in [3.8, 4) is 0 Å². The third-order valence-electron chi connectivity index (χ3n) is 5.67. The number of fused-ring (bicyclic) bond motifs is 1. The molecule has 1 fully saturated rings. The van der Waals surface area contributed by atoms with Gasteiger partial charge in [0.25, 0.3) is 0 Å². The van der Waals surface area contributed by atoms with E-state index in [1.165, 1.54) is 55.0 Å². The van der Waals surface area contributed by atoms with Crippen LogP contribution in [-0.2, 0) is 11.2 Å². The monoisotopic (exact) mass is 416 g/mol. The van der Waals surface area contributed by atoms with Crippen LogP contribution in [0.15, 0.2) is 28.6 Å². The topological polar surface area (TPSA) is 66.9 Å². The highest BCUT2D eigenvalue weighted by Gasteiger charge is 2.25. The Bertz CT molecular complexity index is 803. The third-order valence-corrected chi connectivity index (χ3v) is 7.71. The standard InChI is InChI=1S/C21H28N4OS2/c1-14(19(26)23-18-13-7-9-15-8-5-6-12-17(15)18)27-21-25-24-20(28-21)22-16-10-3-2-4-11-16/h5-6,8,12,14,16,18H,2-4,7,9-11,13H2,1H3,(H,22,24)(H,23,26)/t14-,18-/m1/s1. The molecule has 0 unspecified atom stereocenters. The van der Waals surface area contributed by atoms with E-state index in [2.05, 4.69) is 45.1 Å². The second-order valence-electron chi connectivity index (χ2n) is 7.76. The van der Waals surface area contributed by atoms with Gasteiger partial charge in [0.15, 0.2) is 4.34 Å². The highest BCUT2D eigenvalue weighted by Crippen LogP contribution is 2.33. The Hall–Kier alpha value is -1.60. The molecule has 2 aromatic rings. The van der Waals surface area contributed by atoms with Crippen molar-refractivity contribution in [3.63, 3.8) is 0 Å². The lowest BCUT2D eigenvalue weighted by Gasteiger charge is -2.27. The number of benzene rings is 1. The minimum Gasteiger partial charge on any atom is -0.357 e. The zero-order chi connectivity index (χ0) is 19.3. The largest absolute Gasteiger partial charge is 0.357 e. The number of carbonyl (C=O) groups excluding carboxylic acids is 1. The number of aryl methyl sites for hydroxylation is 1. The maximum atomic E-state index is 12.8. The van der Waals surface area contributed by atoms with Crippen molar-refractivity contribution in [2.75, 3.05) is 5.32 Å². The van der Waals surface area contributed by atoms with Gasteiger partial charge in [-0.3, -0.25) is 4.79 Å². The van der Waals surface area contributed by atoms with Crippen molar-refractivity contribution in [3.05, 3.63) is 35.4 Å². The van der Waals surface area contributed by atoms with Gasteiger partial charge in [-0.05, 0) is 50.2 Å². The van der Waals surface area contributed by atoms with Crippen LogP contribution in [0.1, 0.15) is 69.0 Å². The van der Waals surface area contributed by atoms with Gasteiger partial charge in [-0.15, -0.1) is 10.2 Å². The normalized spacial score (nSPS) is 21.0. The Morgan fingerprint density at radius 3 is 2.82 bits per heavy atom. The van der Waals surface area contributed by atoms with E-state index in [9.17, 15) is 4.79 Å². The van der Waals surface area contributed by atoms with Crippen LogP contribution >= 0.6 is 23.1 Å². The molecule has 0 saturated heterocycles. The van der Waals surface area contributed by atoms with Crippen molar-refractivity contribution in [1.29, 1.82) is 0 Å². The summed E-state index contributed by atoms with van der Waals surface area (Å²) in [6.45, 7) is 1.95. The number of nitrogens with zero attached hydrogens (tertiary/aromatic N) is 2. The predicted molar refractivity (Wildman–Crippen MR) is 116 cm³/mol. The summed E-state index contributed by atoms with van der Waals surface area (Å²) < 4.78 is 0.852. The van der Waals surface area contributed by atoms with Gasteiger partial charge in [0.1, 0.15) is 0 Å². The summed E-state index contributed by atoms with van der Waals surface area (Å²) >= 11 is 3.05. The van der Waals surface area contributed by atoms with Gasteiger partial charge in [0, 0.05) is 6.04 Å². The molecule has 1 amide bonds. The summed E-state index contributed by atoms with van der Waals surface area (Å²) in [7, 11) is 0. The first-order chi connectivity index (χ1) is 13.7. The van der Waals surface area contributed by atoms with Crippen molar-refractivity contribution < 1.29 is 4.79 Å². The molecule has 1 saturated carbocycles. The van der Waals surface area contributed by atoms with Crippen LogP contribution in [0.3, 0.4) is 0 Å². The summed E-state index contributed by atoms with van der Waals surface area (Å²) in [5, 5.41) is 16.0. The van der Waals surface area contributed by atoms with Crippen LogP contribution in [0.4, 0.5) is 5.13 Å². The molecule has 0 bridgehead atoms. The molecule has 2 N–H and O–H groups in total. The molecular weight excluding hydrogens is 388 g/mol. The quantitative estimate of drug-likeness (QED) is 0.652. The second-order valence-corrected chi connectivity index (χ2v) is 10.3. The molecule has 1 aromatic heterocycles. The molecule has 5 nitrogen and oxygen atoms in total. The van der Waals surface area contributed by atoms with E-state index in [1.54, 1.807) is 11.3 Å². The van der Waals surface area contributed by atoms with Gasteiger partial charge in [-0.1, -0.05) is 66.6 Å². The Morgan fingerprint density at radius 2 is 1.96 bits per heavy atom. The fourth-order valence-electron chi connectivity index (χ4n) is 4.13. The number of amides is 1. The zero-order valence-corrected chi connectivity index (χ0v) is 18.0. The first kappa shape index (κ1) is 19.7. The molecule has 4 rings (SSSR count). The number of hydrogen-bond donors (Lipinski definition) is 2. The molecule has 28 heavy (non-hydrogen) atoms. The lowest BCUT2D eigenvalue weighted by Crippen LogP contribution is -2.35. The number of nitrogens with one attached hydrogen (secondary N) is 2. The van der Waals surface area contributed by atoms with Crippen molar-refractivity contribution in [2.24, 2.45) is 0 Å². The molecule has 1 heterocycles. The van der Waals surface area contributed by atoms with E-state index in [1.807, 2.05) is 6.92 Å². The number of hydrogen-bond acceptors (Lipinski definition) is 6. The molecule has 150 valence electrons. The summed E-state index contributed by atoms with van der Waals surface area (Å²) in [5.74, 6) is 0.0729. The minimum absolute atomic E-state index is 0.0729. The number of aromatic nitrogens is 2. The van der Waals surface area contributed by atoms with Crippen molar-refractivity contribution in [2.45, 2.75) is 80.0 Å². The van der Waals surface area contributed by atoms with E-state index in [0.29, 0.717) is 6.04 Å². The molecular formula is C21H28N4OS2. The van der Waals surface area contributed by atoms with Gasteiger partial charge in [0.05, 0.1) is 11.3 Å². The van der Waals surface area contributed by atoms with Gasteiger partial charge in [-0.25, -0.2) is 0 Å². The summed E-state index contributed by atoms with van der Waals surface area (Å²) in [4.78, 5) is 12.8. The SMILES string of the molecule is C[C@@H](Sc1nnc(NC2CCCCC2)s1)C(=O)N[C@@H]1CCCc2ccccc21. The molecule has 2 aliphatic rings. The number of rotatable bonds is 6. The molecule has 2 aliphatic carbocycles. The summed E-state index contributed by atoms with van der Waals surface area (Å²) in [5.41, 5.74) is 2.64. The second kappa shape index (κ2) is 9.27. The molecule has 0 aliphatic heterocycles. The molecule has 1 aromatic carbocycles. The van der Waals surface area contributed by atoms with Gasteiger partial charge < -0.3 is 10.6 Å². The van der Waals surface area contributed by atoms with E-state index < -0.39 is 0 Å². The third kappa shape index (κ3) is 4.87. The molecule has 0 spiro atoms. The van der Waals surface area contributed by atoms with Crippen LogP contribution < -0.4 is 10.6 Å². The van der Waals surface area contributed by atoms with Gasteiger partial charge >= 0.3 is 0 Å². The number of thioether (sulfide) groups is 1. The summed E-state index contributed by atoms with van der Waals surface area (Å²) in [6.07, 6.45) is 9.58. The first-order valence-corrected chi connectivity index (χ1v) is 12.0. The average molecular weight is 417 g/mol. The smallest absolute Gasteiger partial charge is 0.233 e. The van der Waals surface area contributed by atoms with Crippen LogP contribution in [0.2, 0.25) is 0 Å². The van der Waals surface area contributed by atoms with Crippen molar-refractivity contribution in [1.82, 2.24) is 15.5 Å². The number of carbonyl (C=O) groups is 1. The van der Waals surface area contributed by atoms with Crippen molar-refractivity contribution >= 4 is 34.1 Å². The average Bonchev–Trinajstić information content (AvgIpc) is 3.15. The molecule has 0 radical (unpaired) electrons. The fraction of sp³-hybridized carbons (Fsp3) is 0.571. The van der Waals surface area contributed by atoms with Gasteiger partial charge in [-0.2, -0.15) is 0 Å². The van der Waals surface area contributed by atoms with Crippen LogP contribution in [0, 0.1) is 0 Å². The fourth-order valence-corrected chi connectivity index (χ4v) is 6.12. The maximum absolute atomic E-state index is 12.8. The first-order valence-electron chi connectivity index (χ1n) is 10.3. The van der Waals surface area contributed by atoms with Crippen LogP contribution in [-0.4, -0.2) is 27.4 Å². The predicted octanol–water partition coefficient (Wildman–Crippen LogP) is 4.96.